The van der Waals surface area contributed by atoms with Gasteiger partial charge in [0, 0.05) is 16.8 Å². The summed E-state index contributed by atoms with van der Waals surface area (Å²) in [5, 5.41) is 5.65. The number of anilines is 1. The molecule has 2 heterocycles. The molecule has 0 unspecified atom stereocenters. The first-order valence-corrected chi connectivity index (χ1v) is 7.36. The topological polar surface area (TPSA) is 37.8 Å². The first-order chi connectivity index (χ1) is 8.70. The quantitative estimate of drug-likeness (QED) is 0.785. The zero-order valence-electron chi connectivity index (χ0n) is 10.2. The number of nitrogens with one attached hydrogen (secondary N) is 1. The van der Waals surface area contributed by atoms with E-state index in [1.165, 1.54) is 9.58 Å². The van der Waals surface area contributed by atoms with Crippen molar-refractivity contribution in [1.82, 2.24) is 9.97 Å². The van der Waals surface area contributed by atoms with E-state index >= 15 is 0 Å². The third kappa shape index (κ3) is 2.37. The van der Waals surface area contributed by atoms with E-state index in [0.29, 0.717) is 0 Å². The van der Waals surface area contributed by atoms with Gasteiger partial charge in [0.15, 0.2) is 0 Å². The van der Waals surface area contributed by atoms with Gasteiger partial charge in [-0.05, 0) is 32.0 Å². The van der Waals surface area contributed by atoms with Crippen molar-refractivity contribution < 1.29 is 0 Å². The summed E-state index contributed by atoms with van der Waals surface area (Å²) in [5.74, 6) is 0. The van der Waals surface area contributed by atoms with Crippen LogP contribution in [-0.4, -0.2) is 9.97 Å². The maximum atomic E-state index is 4.46. The maximum Gasteiger partial charge on any atom is 0.0907 e. The predicted molar refractivity (Wildman–Crippen MR) is 78.5 cm³/mol. The Labute approximate surface area is 114 Å². The fourth-order valence-electron chi connectivity index (χ4n) is 1.83. The Bertz CT molecular complexity index is 684. The Morgan fingerprint density at radius 3 is 2.83 bits per heavy atom. The molecule has 5 heteroatoms. The Kier molecular flexibility index (Phi) is 3.01. The van der Waals surface area contributed by atoms with Crippen molar-refractivity contribution in [2.75, 3.05) is 5.32 Å². The number of aryl methyl sites for hydroxylation is 2. The van der Waals surface area contributed by atoms with Crippen LogP contribution in [0.4, 0.5) is 5.69 Å². The molecule has 0 aliphatic carbocycles. The normalized spacial score (nSPS) is 11.0. The Balaban J connectivity index is 1.78. The van der Waals surface area contributed by atoms with E-state index in [-0.39, 0.29) is 0 Å². The highest BCUT2D eigenvalue weighted by Gasteiger charge is 2.02. The van der Waals surface area contributed by atoms with Crippen LogP contribution in [0.15, 0.2) is 24.4 Å². The molecule has 1 N–H and O–H groups in total. The summed E-state index contributed by atoms with van der Waals surface area (Å²) in [6.45, 7) is 4.90. The summed E-state index contributed by atoms with van der Waals surface area (Å²) in [4.78, 5) is 9.97. The summed E-state index contributed by atoms with van der Waals surface area (Å²) >= 11 is 3.46. The van der Waals surface area contributed by atoms with E-state index in [1.54, 1.807) is 22.7 Å². The second-order valence-corrected chi connectivity index (χ2v) is 6.67. The average Bonchev–Trinajstić information content (AvgIpc) is 2.90. The van der Waals surface area contributed by atoms with Crippen molar-refractivity contribution in [3.8, 4) is 0 Å². The van der Waals surface area contributed by atoms with Gasteiger partial charge in [-0.15, -0.1) is 22.7 Å². The van der Waals surface area contributed by atoms with E-state index in [2.05, 4.69) is 33.5 Å². The lowest BCUT2D eigenvalue weighted by Gasteiger charge is -2.03. The van der Waals surface area contributed by atoms with Gasteiger partial charge in [-0.1, -0.05) is 0 Å². The lowest BCUT2D eigenvalue weighted by molar-refractivity contribution is 1.17. The molecule has 0 saturated carbocycles. The van der Waals surface area contributed by atoms with Crippen LogP contribution in [0.2, 0.25) is 0 Å². The van der Waals surface area contributed by atoms with E-state index < -0.39 is 0 Å². The largest absolute Gasteiger partial charge is 0.380 e. The molecule has 1 aromatic carbocycles. The summed E-state index contributed by atoms with van der Waals surface area (Å²) < 4.78 is 1.23. The lowest BCUT2D eigenvalue weighted by Crippen LogP contribution is -1.96. The highest BCUT2D eigenvalue weighted by Crippen LogP contribution is 2.25. The minimum Gasteiger partial charge on any atom is -0.380 e. The summed E-state index contributed by atoms with van der Waals surface area (Å²) in [7, 11) is 0. The first kappa shape index (κ1) is 11.6. The predicted octanol–water partition coefficient (Wildman–Crippen LogP) is 3.98. The van der Waals surface area contributed by atoms with Gasteiger partial charge in [0.2, 0.25) is 0 Å². The molecule has 3 aromatic rings. The van der Waals surface area contributed by atoms with Crippen molar-refractivity contribution in [3.05, 3.63) is 39.3 Å². The Morgan fingerprint density at radius 1 is 1.17 bits per heavy atom. The van der Waals surface area contributed by atoms with Crippen LogP contribution >= 0.6 is 22.7 Å². The minimum absolute atomic E-state index is 0.828. The van der Waals surface area contributed by atoms with Crippen LogP contribution in [0.5, 0.6) is 0 Å². The molecular weight excluding hydrogens is 262 g/mol. The zero-order chi connectivity index (χ0) is 12.5. The van der Waals surface area contributed by atoms with E-state index in [4.69, 9.17) is 0 Å². The smallest absolute Gasteiger partial charge is 0.0907 e. The molecular formula is C13H13N3S2. The van der Waals surface area contributed by atoms with Crippen LogP contribution in [0.1, 0.15) is 14.9 Å². The second-order valence-electron chi connectivity index (χ2n) is 4.11. The van der Waals surface area contributed by atoms with Crippen LogP contribution in [0, 0.1) is 13.8 Å². The Hall–Kier alpha value is -1.46. The van der Waals surface area contributed by atoms with Crippen LogP contribution in [0.25, 0.3) is 10.2 Å². The zero-order valence-corrected chi connectivity index (χ0v) is 11.9. The molecule has 0 spiro atoms. The van der Waals surface area contributed by atoms with Gasteiger partial charge in [-0.3, -0.25) is 0 Å². The maximum absolute atomic E-state index is 4.46. The number of hydrogen-bond donors (Lipinski definition) is 1. The average molecular weight is 275 g/mol. The number of nitrogens with zero attached hydrogens (tertiary/aromatic N) is 2. The molecule has 0 bridgehead atoms. The molecule has 3 rings (SSSR count). The molecule has 0 aliphatic rings. The van der Waals surface area contributed by atoms with E-state index in [9.17, 15) is 0 Å². The molecule has 0 amide bonds. The molecule has 0 aliphatic heterocycles. The molecule has 3 nitrogen and oxygen atoms in total. The van der Waals surface area contributed by atoms with Crippen molar-refractivity contribution in [1.29, 1.82) is 0 Å². The summed E-state index contributed by atoms with van der Waals surface area (Å²) in [6.07, 6.45) is 1.93. The molecule has 92 valence electrons. The first-order valence-electron chi connectivity index (χ1n) is 5.73. The fraction of sp³-hybridized carbons (Fsp3) is 0.231. The van der Waals surface area contributed by atoms with Gasteiger partial charge in [-0.2, -0.15) is 0 Å². The van der Waals surface area contributed by atoms with Gasteiger partial charge < -0.3 is 5.32 Å². The van der Waals surface area contributed by atoms with E-state index in [1.807, 2.05) is 20.0 Å². The molecule has 0 saturated heterocycles. The molecule has 0 radical (unpaired) electrons. The summed E-state index contributed by atoms with van der Waals surface area (Å²) in [6, 6.07) is 6.31. The summed E-state index contributed by atoms with van der Waals surface area (Å²) in [5.41, 5.74) is 2.22. The van der Waals surface area contributed by atoms with Gasteiger partial charge in [-0.25, -0.2) is 9.97 Å². The molecule has 2 aromatic heterocycles. The van der Waals surface area contributed by atoms with Crippen LogP contribution in [0.3, 0.4) is 0 Å². The third-order valence-electron chi connectivity index (χ3n) is 2.63. The van der Waals surface area contributed by atoms with Crippen molar-refractivity contribution >= 4 is 38.6 Å². The SMILES string of the molecule is Cc1ncc(CNc2ccc3nc(C)sc3c2)s1. The molecule has 18 heavy (non-hydrogen) atoms. The number of rotatable bonds is 3. The van der Waals surface area contributed by atoms with Crippen LogP contribution in [-0.2, 0) is 6.54 Å². The monoisotopic (exact) mass is 275 g/mol. The number of fused-ring (bicyclic) bond motifs is 1. The highest BCUT2D eigenvalue weighted by atomic mass is 32.1. The van der Waals surface area contributed by atoms with Crippen molar-refractivity contribution in [2.24, 2.45) is 0 Å². The second kappa shape index (κ2) is 4.66. The van der Waals surface area contributed by atoms with Gasteiger partial charge in [0.1, 0.15) is 0 Å². The van der Waals surface area contributed by atoms with Crippen LogP contribution < -0.4 is 5.32 Å². The molecule has 0 atom stereocenters. The van der Waals surface area contributed by atoms with Crippen molar-refractivity contribution in [2.45, 2.75) is 20.4 Å². The standard InChI is InChI=1S/C13H13N3S2/c1-8-14-6-11(17-8)7-15-10-3-4-12-13(5-10)18-9(2)16-12/h3-6,15H,7H2,1-2H3. The minimum atomic E-state index is 0.828. The fourth-order valence-corrected chi connectivity index (χ4v) is 3.43. The number of aromatic nitrogens is 2. The highest BCUT2D eigenvalue weighted by molar-refractivity contribution is 7.18. The molecule has 0 fully saturated rings. The number of hydrogen-bond acceptors (Lipinski definition) is 5. The number of benzene rings is 1. The third-order valence-corrected chi connectivity index (χ3v) is 4.48. The van der Waals surface area contributed by atoms with E-state index in [0.717, 1.165) is 27.8 Å². The van der Waals surface area contributed by atoms with Gasteiger partial charge in [0.25, 0.3) is 0 Å². The number of thiazole rings is 2. The lowest BCUT2D eigenvalue weighted by atomic mass is 10.3. The Morgan fingerprint density at radius 2 is 2.06 bits per heavy atom. The van der Waals surface area contributed by atoms with Gasteiger partial charge >= 0.3 is 0 Å². The van der Waals surface area contributed by atoms with Gasteiger partial charge in [0.05, 0.1) is 26.8 Å². The van der Waals surface area contributed by atoms with Crippen molar-refractivity contribution in [3.63, 3.8) is 0 Å².